The first-order valence-corrected chi connectivity index (χ1v) is 9.01. The van der Waals surface area contributed by atoms with Gasteiger partial charge < -0.3 is 5.32 Å². The summed E-state index contributed by atoms with van der Waals surface area (Å²) in [5.41, 5.74) is 2.30. The molecule has 0 spiro atoms. The molecule has 0 atom stereocenters. The van der Waals surface area contributed by atoms with Crippen LogP contribution in [0.25, 0.3) is 0 Å². The number of aryl methyl sites for hydroxylation is 1. The molecule has 0 unspecified atom stereocenters. The summed E-state index contributed by atoms with van der Waals surface area (Å²) in [6.45, 7) is 2.32. The SMILES string of the molecule is Cc1ccc(S(=O)(=O)NC(=O)NCCC2=CCCCC2)cc1. The maximum Gasteiger partial charge on any atom is 0.328 e. The van der Waals surface area contributed by atoms with Crippen molar-refractivity contribution in [3.63, 3.8) is 0 Å². The smallest absolute Gasteiger partial charge is 0.328 e. The number of carbonyl (C=O) groups is 1. The molecule has 1 aromatic carbocycles. The van der Waals surface area contributed by atoms with Crippen LogP contribution in [0.3, 0.4) is 0 Å². The fourth-order valence-electron chi connectivity index (χ4n) is 2.40. The normalized spacial score (nSPS) is 15.0. The van der Waals surface area contributed by atoms with Gasteiger partial charge in [0.2, 0.25) is 0 Å². The second-order valence-corrected chi connectivity index (χ2v) is 7.22. The molecule has 0 heterocycles. The molecular formula is C16H22N2O3S. The van der Waals surface area contributed by atoms with Gasteiger partial charge >= 0.3 is 6.03 Å². The Bertz CT molecular complexity index is 648. The third kappa shape index (κ3) is 4.87. The number of rotatable bonds is 5. The van der Waals surface area contributed by atoms with E-state index in [4.69, 9.17) is 0 Å². The van der Waals surface area contributed by atoms with E-state index in [0.29, 0.717) is 6.54 Å². The summed E-state index contributed by atoms with van der Waals surface area (Å²) in [5.74, 6) is 0. The Kier molecular flexibility index (Phi) is 5.60. The Balaban J connectivity index is 1.83. The molecule has 0 fully saturated rings. The zero-order valence-corrected chi connectivity index (χ0v) is 13.6. The van der Waals surface area contributed by atoms with Crippen molar-refractivity contribution in [3.8, 4) is 0 Å². The molecule has 0 aromatic heterocycles. The summed E-state index contributed by atoms with van der Waals surface area (Å²) in [5, 5.41) is 2.60. The molecule has 0 radical (unpaired) electrons. The minimum atomic E-state index is -3.81. The minimum absolute atomic E-state index is 0.0863. The standard InChI is InChI=1S/C16H22N2O3S/c1-13-7-9-15(10-8-13)22(20,21)18-16(19)17-12-11-14-5-3-2-4-6-14/h5,7-10H,2-4,6,11-12H2,1H3,(H2,17,18,19). The van der Waals surface area contributed by atoms with Gasteiger partial charge in [0.25, 0.3) is 10.0 Å². The number of carbonyl (C=O) groups excluding carboxylic acids is 1. The monoisotopic (exact) mass is 322 g/mol. The van der Waals surface area contributed by atoms with Gasteiger partial charge in [-0.1, -0.05) is 29.3 Å². The van der Waals surface area contributed by atoms with Crippen LogP contribution in [0, 0.1) is 6.92 Å². The van der Waals surface area contributed by atoms with Crippen molar-refractivity contribution in [3.05, 3.63) is 41.5 Å². The van der Waals surface area contributed by atoms with Gasteiger partial charge in [0.1, 0.15) is 0 Å². The van der Waals surface area contributed by atoms with Crippen molar-refractivity contribution in [2.24, 2.45) is 0 Å². The van der Waals surface area contributed by atoms with Gasteiger partial charge in [-0.25, -0.2) is 17.9 Å². The highest BCUT2D eigenvalue weighted by molar-refractivity contribution is 7.90. The van der Waals surface area contributed by atoms with Gasteiger partial charge in [0.15, 0.2) is 0 Å². The zero-order chi connectivity index (χ0) is 16.0. The summed E-state index contributed by atoms with van der Waals surface area (Å²) >= 11 is 0. The highest BCUT2D eigenvalue weighted by Crippen LogP contribution is 2.19. The molecule has 1 aromatic rings. The molecule has 22 heavy (non-hydrogen) atoms. The molecule has 0 bridgehead atoms. The van der Waals surface area contributed by atoms with E-state index in [1.165, 1.54) is 30.5 Å². The number of hydrogen-bond donors (Lipinski definition) is 2. The maximum absolute atomic E-state index is 12.0. The Morgan fingerprint density at radius 2 is 1.91 bits per heavy atom. The fourth-order valence-corrected chi connectivity index (χ4v) is 3.33. The lowest BCUT2D eigenvalue weighted by Gasteiger charge is -2.13. The van der Waals surface area contributed by atoms with Crippen LogP contribution in [-0.2, 0) is 10.0 Å². The zero-order valence-electron chi connectivity index (χ0n) is 12.8. The molecule has 5 nitrogen and oxygen atoms in total. The summed E-state index contributed by atoms with van der Waals surface area (Å²) < 4.78 is 26.1. The molecular weight excluding hydrogens is 300 g/mol. The van der Waals surface area contributed by atoms with E-state index in [0.717, 1.165) is 24.8 Å². The predicted octanol–water partition coefficient (Wildman–Crippen LogP) is 2.87. The summed E-state index contributed by atoms with van der Waals surface area (Å²) in [6, 6.07) is 5.68. The van der Waals surface area contributed by atoms with Crippen LogP contribution in [0.1, 0.15) is 37.7 Å². The third-order valence-electron chi connectivity index (χ3n) is 3.68. The first-order valence-electron chi connectivity index (χ1n) is 7.52. The lowest BCUT2D eigenvalue weighted by molar-refractivity contribution is 0.246. The molecule has 2 N–H and O–H groups in total. The quantitative estimate of drug-likeness (QED) is 0.819. The minimum Gasteiger partial charge on any atom is -0.337 e. The molecule has 2 rings (SSSR count). The molecule has 0 saturated heterocycles. The van der Waals surface area contributed by atoms with Crippen LogP contribution in [0.15, 0.2) is 40.8 Å². The molecule has 1 aliphatic carbocycles. The number of nitrogens with one attached hydrogen (secondary N) is 2. The highest BCUT2D eigenvalue weighted by Gasteiger charge is 2.17. The number of urea groups is 1. The van der Waals surface area contributed by atoms with E-state index < -0.39 is 16.1 Å². The number of allylic oxidation sites excluding steroid dienone is 1. The van der Waals surface area contributed by atoms with E-state index in [1.807, 2.05) is 11.6 Å². The first kappa shape index (κ1) is 16.5. The number of hydrogen-bond acceptors (Lipinski definition) is 3. The average Bonchev–Trinajstić information content (AvgIpc) is 2.48. The van der Waals surface area contributed by atoms with Crippen LogP contribution >= 0.6 is 0 Å². The van der Waals surface area contributed by atoms with Crippen molar-refractivity contribution in [2.45, 2.75) is 43.9 Å². The van der Waals surface area contributed by atoms with Crippen molar-refractivity contribution in [2.75, 3.05) is 6.54 Å². The Labute approximate surface area is 131 Å². The Hall–Kier alpha value is -1.82. The van der Waals surface area contributed by atoms with Crippen LogP contribution in [0.2, 0.25) is 0 Å². The Morgan fingerprint density at radius 3 is 2.55 bits per heavy atom. The Morgan fingerprint density at radius 1 is 1.18 bits per heavy atom. The van der Waals surface area contributed by atoms with E-state index in [2.05, 4.69) is 11.4 Å². The van der Waals surface area contributed by atoms with Crippen molar-refractivity contribution >= 4 is 16.1 Å². The van der Waals surface area contributed by atoms with Crippen LogP contribution in [0.5, 0.6) is 0 Å². The van der Waals surface area contributed by atoms with Crippen LogP contribution in [-0.4, -0.2) is 21.0 Å². The number of sulfonamides is 1. The summed E-state index contributed by atoms with van der Waals surface area (Å²) in [6.07, 6.45) is 7.59. The summed E-state index contributed by atoms with van der Waals surface area (Å²) in [4.78, 5) is 11.8. The molecule has 6 heteroatoms. The van der Waals surface area contributed by atoms with Crippen molar-refractivity contribution < 1.29 is 13.2 Å². The molecule has 2 amide bonds. The topological polar surface area (TPSA) is 75.3 Å². The number of amides is 2. The number of benzene rings is 1. The molecule has 120 valence electrons. The highest BCUT2D eigenvalue weighted by atomic mass is 32.2. The van der Waals surface area contributed by atoms with E-state index in [1.54, 1.807) is 12.1 Å². The second-order valence-electron chi connectivity index (χ2n) is 5.53. The van der Waals surface area contributed by atoms with Gasteiger partial charge in [-0.05, 0) is 51.2 Å². The molecule has 0 saturated carbocycles. The van der Waals surface area contributed by atoms with Crippen molar-refractivity contribution in [1.29, 1.82) is 0 Å². The lowest BCUT2D eigenvalue weighted by Crippen LogP contribution is -2.39. The van der Waals surface area contributed by atoms with E-state index in [9.17, 15) is 13.2 Å². The molecule has 0 aliphatic heterocycles. The van der Waals surface area contributed by atoms with E-state index >= 15 is 0 Å². The predicted molar refractivity (Wildman–Crippen MR) is 86.1 cm³/mol. The molecule has 1 aliphatic rings. The van der Waals surface area contributed by atoms with Crippen LogP contribution < -0.4 is 10.0 Å². The van der Waals surface area contributed by atoms with Gasteiger partial charge in [-0.2, -0.15) is 0 Å². The van der Waals surface area contributed by atoms with Crippen molar-refractivity contribution in [1.82, 2.24) is 10.0 Å². The van der Waals surface area contributed by atoms with Crippen LogP contribution in [0.4, 0.5) is 4.79 Å². The average molecular weight is 322 g/mol. The first-order chi connectivity index (χ1) is 10.5. The summed E-state index contributed by atoms with van der Waals surface area (Å²) in [7, 11) is -3.81. The van der Waals surface area contributed by atoms with E-state index in [-0.39, 0.29) is 4.90 Å². The third-order valence-corrected chi connectivity index (χ3v) is 5.02. The van der Waals surface area contributed by atoms with Gasteiger partial charge in [-0.15, -0.1) is 0 Å². The second kappa shape index (κ2) is 7.45. The largest absolute Gasteiger partial charge is 0.337 e. The maximum atomic E-state index is 12.0. The fraction of sp³-hybridized carbons (Fsp3) is 0.438. The van der Waals surface area contributed by atoms with Gasteiger partial charge in [0.05, 0.1) is 4.90 Å². The van der Waals surface area contributed by atoms with Gasteiger partial charge in [-0.3, -0.25) is 0 Å². The lowest BCUT2D eigenvalue weighted by atomic mass is 9.97. The van der Waals surface area contributed by atoms with Gasteiger partial charge in [0, 0.05) is 6.54 Å².